The van der Waals surface area contributed by atoms with Crippen LogP contribution >= 0.6 is 0 Å². The Balaban J connectivity index is 1.44. The van der Waals surface area contributed by atoms with E-state index in [1.165, 1.54) is 16.7 Å². The summed E-state index contributed by atoms with van der Waals surface area (Å²) in [5, 5.41) is 2.97. The van der Waals surface area contributed by atoms with Crippen LogP contribution in [0.15, 0.2) is 79.1 Å². The summed E-state index contributed by atoms with van der Waals surface area (Å²) >= 11 is 0. The minimum atomic E-state index is -0.366. The van der Waals surface area contributed by atoms with Gasteiger partial charge in [-0.2, -0.15) is 0 Å². The second-order valence-corrected chi connectivity index (χ2v) is 9.38. The molecule has 1 unspecified atom stereocenters. The summed E-state index contributed by atoms with van der Waals surface area (Å²) in [7, 11) is 1.77. The highest BCUT2D eigenvalue weighted by molar-refractivity contribution is 5.83. The number of amides is 1. The number of aromatic nitrogens is 1. The van der Waals surface area contributed by atoms with Crippen molar-refractivity contribution in [1.29, 1.82) is 0 Å². The van der Waals surface area contributed by atoms with Crippen LogP contribution in [-0.2, 0) is 11.2 Å². The molecular weight excluding hydrogens is 406 g/mol. The highest BCUT2D eigenvalue weighted by Crippen LogP contribution is 2.38. The molecular formula is C29H35N3O. The van der Waals surface area contributed by atoms with Gasteiger partial charge in [-0.15, -0.1) is 0 Å². The fraction of sp³-hybridized carbons (Fsp3) is 0.379. The number of nitrogens with one attached hydrogen (secondary N) is 1. The fourth-order valence-electron chi connectivity index (χ4n) is 5.12. The highest BCUT2D eigenvalue weighted by atomic mass is 16.2. The number of hydrogen-bond acceptors (Lipinski definition) is 3. The number of pyridine rings is 1. The van der Waals surface area contributed by atoms with Crippen molar-refractivity contribution in [3.8, 4) is 11.1 Å². The molecule has 1 atom stereocenters. The third-order valence-corrected chi connectivity index (χ3v) is 7.29. The molecule has 1 aliphatic rings. The molecule has 1 saturated heterocycles. The van der Waals surface area contributed by atoms with Crippen molar-refractivity contribution in [3.05, 3.63) is 90.3 Å². The normalized spacial score (nSPS) is 16.8. The summed E-state index contributed by atoms with van der Waals surface area (Å²) in [5.41, 5.74) is 4.54. The third kappa shape index (κ3) is 5.51. The van der Waals surface area contributed by atoms with Crippen LogP contribution in [0.4, 0.5) is 0 Å². The number of piperidine rings is 1. The molecule has 0 bridgehead atoms. The van der Waals surface area contributed by atoms with Gasteiger partial charge in [0.2, 0.25) is 5.91 Å². The first-order valence-electron chi connectivity index (χ1n) is 12.1. The summed E-state index contributed by atoms with van der Waals surface area (Å²) in [6, 6.07) is 23.3. The lowest BCUT2D eigenvalue weighted by Gasteiger charge is -2.41. The average molecular weight is 442 g/mol. The standard InChI is InChI=1S/C29H35N3O/c1-23(24-9-4-3-5-10-24)14-18-32-19-15-29(16-20-32,28(33)30-2)21-25-11-6-7-13-27(25)26-12-8-17-31-22-26/h3-13,17,22-23H,14-16,18-21H2,1-2H3,(H,30,33). The van der Waals surface area contributed by atoms with E-state index in [9.17, 15) is 4.79 Å². The predicted molar refractivity (Wildman–Crippen MR) is 135 cm³/mol. The van der Waals surface area contributed by atoms with E-state index >= 15 is 0 Å². The Morgan fingerprint density at radius 2 is 1.76 bits per heavy atom. The zero-order chi connectivity index (χ0) is 23.1. The molecule has 0 spiro atoms. The number of nitrogens with zero attached hydrogens (tertiary/aromatic N) is 2. The van der Waals surface area contributed by atoms with E-state index in [-0.39, 0.29) is 11.3 Å². The molecule has 3 aromatic rings. The number of carbonyl (C=O) groups excluding carboxylic acids is 1. The molecule has 0 saturated carbocycles. The van der Waals surface area contributed by atoms with Gasteiger partial charge in [-0.3, -0.25) is 9.78 Å². The lowest BCUT2D eigenvalue weighted by molar-refractivity contribution is -0.133. The molecule has 4 rings (SSSR count). The number of rotatable bonds is 8. The zero-order valence-corrected chi connectivity index (χ0v) is 19.8. The van der Waals surface area contributed by atoms with Crippen LogP contribution in [0.3, 0.4) is 0 Å². The van der Waals surface area contributed by atoms with Crippen molar-refractivity contribution in [1.82, 2.24) is 15.2 Å². The van der Waals surface area contributed by atoms with Gasteiger partial charge in [0, 0.05) is 25.0 Å². The van der Waals surface area contributed by atoms with Gasteiger partial charge in [0.25, 0.3) is 0 Å². The molecule has 172 valence electrons. The number of benzene rings is 2. The SMILES string of the molecule is CNC(=O)C1(Cc2ccccc2-c2cccnc2)CCN(CCC(C)c2ccccc2)CC1. The van der Waals surface area contributed by atoms with Crippen molar-refractivity contribution < 1.29 is 4.79 Å². The van der Waals surface area contributed by atoms with Gasteiger partial charge in [-0.25, -0.2) is 0 Å². The molecule has 1 amide bonds. The van der Waals surface area contributed by atoms with E-state index in [1.807, 2.05) is 12.3 Å². The van der Waals surface area contributed by atoms with Crippen LogP contribution in [0.5, 0.6) is 0 Å². The Morgan fingerprint density at radius 1 is 1.03 bits per heavy atom. The Labute approximate surface area is 198 Å². The molecule has 0 aliphatic carbocycles. The molecule has 33 heavy (non-hydrogen) atoms. The number of hydrogen-bond donors (Lipinski definition) is 1. The first kappa shape index (κ1) is 23.2. The Kier molecular flexibility index (Phi) is 7.56. The zero-order valence-electron chi connectivity index (χ0n) is 19.8. The van der Waals surface area contributed by atoms with Crippen LogP contribution in [0.25, 0.3) is 11.1 Å². The van der Waals surface area contributed by atoms with E-state index in [1.54, 1.807) is 13.2 Å². The second kappa shape index (κ2) is 10.8. The van der Waals surface area contributed by atoms with E-state index in [0.29, 0.717) is 5.92 Å². The average Bonchev–Trinajstić information content (AvgIpc) is 2.89. The molecule has 1 fully saturated rings. The van der Waals surface area contributed by atoms with Crippen LogP contribution in [0, 0.1) is 5.41 Å². The topological polar surface area (TPSA) is 45.2 Å². The van der Waals surface area contributed by atoms with Gasteiger partial charge >= 0.3 is 0 Å². The molecule has 2 heterocycles. The summed E-state index contributed by atoms with van der Waals surface area (Å²) in [6.45, 7) is 5.31. The minimum Gasteiger partial charge on any atom is -0.359 e. The summed E-state index contributed by atoms with van der Waals surface area (Å²) < 4.78 is 0. The Bertz CT molecular complexity index is 1030. The number of carbonyl (C=O) groups is 1. The van der Waals surface area contributed by atoms with Gasteiger partial charge in [-0.1, -0.05) is 67.6 Å². The molecule has 2 aromatic carbocycles. The molecule has 1 aliphatic heterocycles. The number of likely N-dealkylation sites (tertiary alicyclic amines) is 1. The lowest BCUT2D eigenvalue weighted by atomic mass is 9.72. The van der Waals surface area contributed by atoms with Gasteiger partial charge in [-0.05, 0) is 74.0 Å². The maximum atomic E-state index is 13.2. The van der Waals surface area contributed by atoms with Crippen LogP contribution in [-0.4, -0.2) is 42.5 Å². The molecule has 1 aromatic heterocycles. The van der Waals surface area contributed by atoms with Gasteiger partial charge in [0.15, 0.2) is 0 Å². The summed E-state index contributed by atoms with van der Waals surface area (Å²) in [4.78, 5) is 20.0. The van der Waals surface area contributed by atoms with Crippen molar-refractivity contribution in [3.63, 3.8) is 0 Å². The van der Waals surface area contributed by atoms with Gasteiger partial charge in [0.05, 0.1) is 5.41 Å². The van der Waals surface area contributed by atoms with E-state index in [2.05, 4.69) is 82.8 Å². The lowest BCUT2D eigenvalue weighted by Crippen LogP contribution is -2.49. The van der Waals surface area contributed by atoms with E-state index in [0.717, 1.165) is 50.9 Å². The van der Waals surface area contributed by atoms with Crippen molar-refractivity contribution in [2.45, 2.75) is 38.5 Å². The van der Waals surface area contributed by atoms with Gasteiger partial charge in [0.1, 0.15) is 0 Å². The highest BCUT2D eigenvalue weighted by Gasteiger charge is 2.41. The Hall–Kier alpha value is -2.98. The van der Waals surface area contributed by atoms with E-state index in [4.69, 9.17) is 0 Å². The second-order valence-electron chi connectivity index (χ2n) is 9.38. The maximum absolute atomic E-state index is 13.2. The molecule has 1 N–H and O–H groups in total. The van der Waals surface area contributed by atoms with Crippen molar-refractivity contribution in [2.75, 3.05) is 26.7 Å². The van der Waals surface area contributed by atoms with E-state index < -0.39 is 0 Å². The summed E-state index contributed by atoms with van der Waals surface area (Å²) in [6.07, 6.45) is 7.36. The van der Waals surface area contributed by atoms with Gasteiger partial charge < -0.3 is 10.2 Å². The first-order valence-corrected chi connectivity index (χ1v) is 12.1. The monoisotopic (exact) mass is 441 g/mol. The maximum Gasteiger partial charge on any atom is 0.226 e. The quantitative estimate of drug-likeness (QED) is 0.515. The largest absolute Gasteiger partial charge is 0.359 e. The van der Waals surface area contributed by atoms with Crippen LogP contribution in [0.1, 0.15) is 43.2 Å². The smallest absolute Gasteiger partial charge is 0.226 e. The molecule has 4 heteroatoms. The third-order valence-electron chi connectivity index (χ3n) is 7.29. The van der Waals surface area contributed by atoms with Crippen molar-refractivity contribution in [2.24, 2.45) is 5.41 Å². The van der Waals surface area contributed by atoms with Crippen LogP contribution < -0.4 is 5.32 Å². The molecule has 0 radical (unpaired) electrons. The fourth-order valence-corrected chi connectivity index (χ4v) is 5.12. The predicted octanol–water partition coefficient (Wildman–Crippen LogP) is 5.31. The first-order chi connectivity index (χ1) is 16.1. The summed E-state index contributed by atoms with van der Waals surface area (Å²) in [5.74, 6) is 0.712. The Morgan fingerprint density at radius 3 is 2.45 bits per heavy atom. The van der Waals surface area contributed by atoms with Crippen molar-refractivity contribution >= 4 is 5.91 Å². The minimum absolute atomic E-state index is 0.167. The molecule has 4 nitrogen and oxygen atoms in total. The van der Waals surface area contributed by atoms with Crippen LogP contribution in [0.2, 0.25) is 0 Å².